The van der Waals surface area contributed by atoms with E-state index >= 15 is 0 Å². The van der Waals surface area contributed by atoms with Crippen LogP contribution in [0.2, 0.25) is 0 Å². The van der Waals surface area contributed by atoms with Gasteiger partial charge in [0, 0.05) is 19.3 Å². The van der Waals surface area contributed by atoms with Gasteiger partial charge in [-0.25, -0.2) is 0 Å². The van der Waals surface area contributed by atoms with Crippen LogP contribution in [0.25, 0.3) is 0 Å². The van der Waals surface area contributed by atoms with E-state index in [9.17, 15) is 0 Å². The maximum Gasteiger partial charge on any atom is 0.0171 e. The van der Waals surface area contributed by atoms with Crippen LogP contribution in [0.3, 0.4) is 0 Å². The van der Waals surface area contributed by atoms with Gasteiger partial charge in [-0.2, -0.15) is 0 Å². The van der Waals surface area contributed by atoms with E-state index in [2.05, 4.69) is 52.6 Å². The quantitative estimate of drug-likeness (QED) is 0.466. The Hall–Kier alpha value is -0.460. The first-order valence-corrected chi connectivity index (χ1v) is 7.87. The standard InChI is InChI=1S/C17H35N/c1-7-16(5)14-17(8-2)18(6)13-11-9-10-12-15(3)4/h8,15-16H,7,9-14H2,1-6H3/b17-8-. The zero-order chi connectivity index (χ0) is 14.0. The third kappa shape index (κ3) is 8.60. The number of rotatable bonds is 10. The van der Waals surface area contributed by atoms with Crippen molar-refractivity contribution in [3.05, 3.63) is 11.8 Å². The predicted octanol–water partition coefficient (Wildman–Crippen LogP) is 5.47. The van der Waals surface area contributed by atoms with E-state index < -0.39 is 0 Å². The van der Waals surface area contributed by atoms with Crippen molar-refractivity contribution in [2.45, 2.75) is 73.1 Å². The molecule has 0 fully saturated rings. The van der Waals surface area contributed by atoms with Gasteiger partial charge in [-0.05, 0) is 31.6 Å². The number of unbranched alkanes of at least 4 members (excludes halogenated alkanes) is 2. The van der Waals surface area contributed by atoms with E-state index in [-0.39, 0.29) is 0 Å². The zero-order valence-electron chi connectivity index (χ0n) is 13.6. The second-order valence-corrected chi connectivity index (χ2v) is 6.16. The van der Waals surface area contributed by atoms with Crippen LogP contribution in [-0.4, -0.2) is 18.5 Å². The molecule has 108 valence electrons. The van der Waals surface area contributed by atoms with E-state index in [1.54, 1.807) is 0 Å². The van der Waals surface area contributed by atoms with Gasteiger partial charge >= 0.3 is 0 Å². The van der Waals surface area contributed by atoms with Gasteiger partial charge in [0.1, 0.15) is 0 Å². The lowest BCUT2D eigenvalue weighted by Crippen LogP contribution is -2.20. The lowest BCUT2D eigenvalue weighted by molar-refractivity contribution is 0.359. The highest BCUT2D eigenvalue weighted by Gasteiger charge is 2.07. The minimum Gasteiger partial charge on any atom is -0.378 e. The van der Waals surface area contributed by atoms with Crippen molar-refractivity contribution >= 4 is 0 Å². The second-order valence-electron chi connectivity index (χ2n) is 6.16. The minimum atomic E-state index is 0.805. The number of allylic oxidation sites excluding steroid dienone is 2. The van der Waals surface area contributed by atoms with Gasteiger partial charge in [-0.3, -0.25) is 0 Å². The fraction of sp³-hybridized carbons (Fsp3) is 0.882. The minimum absolute atomic E-state index is 0.805. The molecular formula is C17H35N. The topological polar surface area (TPSA) is 3.24 Å². The summed E-state index contributed by atoms with van der Waals surface area (Å²) in [5.41, 5.74) is 1.52. The molecule has 1 unspecified atom stereocenters. The molecular weight excluding hydrogens is 218 g/mol. The highest BCUT2D eigenvalue weighted by atomic mass is 15.1. The lowest BCUT2D eigenvalue weighted by atomic mass is 10.0. The van der Waals surface area contributed by atoms with E-state index in [1.807, 2.05) is 0 Å². The average molecular weight is 253 g/mol. The molecule has 0 bridgehead atoms. The van der Waals surface area contributed by atoms with Gasteiger partial charge in [-0.15, -0.1) is 0 Å². The van der Waals surface area contributed by atoms with Gasteiger partial charge < -0.3 is 4.90 Å². The van der Waals surface area contributed by atoms with Gasteiger partial charge in [-0.1, -0.05) is 59.5 Å². The molecule has 0 aromatic rings. The third-order valence-corrected chi connectivity index (χ3v) is 3.85. The number of hydrogen-bond acceptors (Lipinski definition) is 1. The van der Waals surface area contributed by atoms with Crippen molar-refractivity contribution in [1.29, 1.82) is 0 Å². The molecule has 0 aliphatic rings. The van der Waals surface area contributed by atoms with Crippen LogP contribution in [-0.2, 0) is 0 Å². The molecule has 1 nitrogen and oxygen atoms in total. The monoisotopic (exact) mass is 253 g/mol. The maximum atomic E-state index is 2.46. The molecule has 0 aromatic heterocycles. The highest BCUT2D eigenvalue weighted by molar-refractivity contribution is 4.99. The Balaban J connectivity index is 3.81. The second kappa shape index (κ2) is 10.5. The molecule has 0 aliphatic heterocycles. The van der Waals surface area contributed by atoms with Crippen LogP contribution >= 0.6 is 0 Å². The van der Waals surface area contributed by atoms with Gasteiger partial charge in [0.2, 0.25) is 0 Å². The molecule has 0 saturated heterocycles. The molecule has 0 rings (SSSR count). The number of hydrogen-bond donors (Lipinski definition) is 0. The maximum absolute atomic E-state index is 2.46. The van der Waals surface area contributed by atoms with Crippen molar-refractivity contribution in [1.82, 2.24) is 4.90 Å². The van der Waals surface area contributed by atoms with E-state index in [0.717, 1.165) is 11.8 Å². The van der Waals surface area contributed by atoms with E-state index in [1.165, 1.54) is 50.8 Å². The summed E-state index contributed by atoms with van der Waals surface area (Å²) in [4.78, 5) is 2.46. The molecule has 0 aromatic carbocycles. The van der Waals surface area contributed by atoms with Gasteiger partial charge in [0.25, 0.3) is 0 Å². The summed E-state index contributed by atoms with van der Waals surface area (Å²) in [5, 5.41) is 0. The zero-order valence-corrected chi connectivity index (χ0v) is 13.6. The molecule has 0 aliphatic carbocycles. The molecule has 0 saturated carbocycles. The molecule has 0 N–H and O–H groups in total. The molecule has 1 atom stereocenters. The summed E-state index contributed by atoms with van der Waals surface area (Å²) in [6, 6.07) is 0. The summed E-state index contributed by atoms with van der Waals surface area (Å²) < 4.78 is 0. The van der Waals surface area contributed by atoms with Crippen LogP contribution in [0.4, 0.5) is 0 Å². The van der Waals surface area contributed by atoms with Crippen LogP contribution in [0.1, 0.15) is 73.1 Å². The summed E-state index contributed by atoms with van der Waals surface area (Å²) >= 11 is 0. The normalized spacial score (nSPS) is 14.1. The largest absolute Gasteiger partial charge is 0.378 e. The molecule has 0 spiro atoms. The van der Waals surface area contributed by atoms with Crippen molar-refractivity contribution < 1.29 is 0 Å². The SMILES string of the molecule is C/C=C(/CC(C)CC)N(C)CCCCCC(C)C. The van der Waals surface area contributed by atoms with Crippen LogP contribution in [0.5, 0.6) is 0 Å². The first-order valence-electron chi connectivity index (χ1n) is 7.87. The summed E-state index contributed by atoms with van der Waals surface area (Å²) in [5.74, 6) is 1.67. The fourth-order valence-electron chi connectivity index (χ4n) is 2.22. The van der Waals surface area contributed by atoms with Crippen LogP contribution in [0, 0.1) is 11.8 Å². The smallest absolute Gasteiger partial charge is 0.0171 e. The highest BCUT2D eigenvalue weighted by Crippen LogP contribution is 2.18. The summed E-state index contributed by atoms with van der Waals surface area (Å²) in [7, 11) is 2.25. The van der Waals surface area contributed by atoms with Gasteiger partial charge in [0.05, 0.1) is 0 Å². The molecule has 18 heavy (non-hydrogen) atoms. The Morgan fingerprint density at radius 2 is 1.78 bits per heavy atom. The Kier molecular flexibility index (Phi) is 10.2. The molecule has 0 amide bonds. The lowest BCUT2D eigenvalue weighted by Gasteiger charge is -2.24. The van der Waals surface area contributed by atoms with Crippen molar-refractivity contribution in [2.24, 2.45) is 11.8 Å². The van der Waals surface area contributed by atoms with Crippen LogP contribution < -0.4 is 0 Å². The van der Waals surface area contributed by atoms with E-state index in [0.29, 0.717) is 0 Å². The third-order valence-electron chi connectivity index (χ3n) is 3.85. The van der Waals surface area contributed by atoms with E-state index in [4.69, 9.17) is 0 Å². The van der Waals surface area contributed by atoms with Crippen molar-refractivity contribution in [3.63, 3.8) is 0 Å². The molecule has 1 heteroatoms. The Morgan fingerprint density at radius 3 is 2.28 bits per heavy atom. The Bertz CT molecular complexity index is 218. The molecule has 0 heterocycles. The van der Waals surface area contributed by atoms with Gasteiger partial charge in [0.15, 0.2) is 0 Å². The van der Waals surface area contributed by atoms with Crippen molar-refractivity contribution in [3.8, 4) is 0 Å². The predicted molar refractivity (Wildman–Crippen MR) is 83.8 cm³/mol. The van der Waals surface area contributed by atoms with Crippen molar-refractivity contribution in [2.75, 3.05) is 13.6 Å². The summed E-state index contributed by atoms with van der Waals surface area (Å²) in [6.07, 6.45) is 10.3. The summed E-state index contributed by atoms with van der Waals surface area (Å²) in [6.45, 7) is 12.7. The first-order chi connectivity index (χ1) is 8.51. The van der Waals surface area contributed by atoms with Crippen LogP contribution in [0.15, 0.2) is 11.8 Å². The average Bonchev–Trinajstić information content (AvgIpc) is 2.34. The Labute approximate surface area is 116 Å². The number of nitrogens with zero attached hydrogens (tertiary/aromatic N) is 1. The molecule has 0 radical (unpaired) electrons. The fourth-order valence-corrected chi connectivity index (χ4v) is 2.22. The first kappa shape index (κ1) is 17.5. The Morgan fingerprint density at radius 1 is 1.11 bits per heavy atom.